The quantitative estimate of drug-likeness (QED) is 0.712. The van der Waals surface area contributed by atoms with Gasteiger partial charge in [-0.05, 0) is 43.4 Å². The minimum absolute atomic E-state index is 0.825. The second-order valence-electron chi connectivity index (χ2n) is 4.43. The number of benzene rings is 1. The second kappa shape index (κ2) is 5.40. The van der Waals surface area contributed by atoms with E-state index in [4.69, 9.17) is 11.6 Å². The van der Waals surface area contributed by atoms with Crippen molar-refractivity contribution in [2.24, 2.45) is 5.92 Å². The van der Waals surface area contributed by atoms with Crippen LogP contribution in [0.25, 0.3) is 0 Å². The monoisotopic (exact) mass is 235 g/mol. The molecule has 0 radical (unpaired) electrons. The van der Waals surface area contributed by atoms with E-state index >= 15 is 0 Å². The van der Waals surface area contributed by atoms with Crippen LogP contribution >= 0.6 is 11.6 Å². The molecule has 0 saturated carbocycles. The van der Waals surface area contributed by atoms with Gasteiger partial charge in [0.15, 0.2) is 0 Å². The molecule has 0 aromatic heterocycles. The molecule has 1 heterocycles. The number of halogens is 1. The molecule has 1 saturated heterocycles. The fourth-order valence-electron chi connectivity index (χ4n) is 2.34. The van der Waals surface area contributed by atoms with Crippen molar-refractivity contribution in [3.63, 3.8) is 0 Å². The molecular formula is C14H18ClN. The molecule has 1 fully saturated rings. The minimum atomic E-state index is 0.825. The van der Waals surface area contributed by atoms with E-state index in [1.807, 2.05) is 18.2 Å². The van der Waals surface area contributed by atoms with Crippen LogP contribution in [0, 0.1) is 5.92 Å². The van der Waals surface area contributed by atoms with Crippen molar-refractivity contribution < 1.29 is 0 Å². The van der Waals surface area contributed by atoms with Gasteiger partial charge >= 0.3 is 0 Å². The van der Waals surface area contributed by atoms with Gasteiger partial charge in [0.05, 0.1) is 0 Å². The van der Waals surface area contributed by atoms with E-state index in [1.165, 1.54) is 18.5 Å². The molecule has 1 aromatic rings. The van der Waals surface area contributed by atoms with Gasteiger partial charge in [-0.15, -0.1) is 6.58 Å². The number of anilines is 1. The SMILES string of the molecule is C=CCC1CCN(c2cccc(Cl)c2)CC1. The van der Waals surface area contributed by atoms with Crippen molar-refractivity contribution in [2.75, 3.05) is 18.0 Å². The zero-order chi connectivity index (χ0) is 11.4. The Morgan fingerprint density at radius 3 is 2.75 bits per heavy atom. The topological polar surface area (TPSA) is 3.24 Å². The van der Waals surface area contributed by atoms with Crippen LogP contribution in [0.5, 0.6) is 0 Å². The number of allylic oxidation sites excluding steroid dienone is 1. The predicted octanol–water partition coefficient (Wildman–Crippen LogP) is 4.13. The lowest BCUT2D eigenvalue weighted by atomic mass is 9.93. The normalized spacial score (nSPS) is 17.4. The lowest BCUT2D eigenvalue weighted by Gasteiger charge is -2.33. The molecule has 1 nitrogen and oxygen atoms in total. The van der Waals surface area contributed by atoms with E-state index in [9.17, 15) is 0 Å². The van der Waals surface area contributed by atoms with Gasteiger partial charge < -0.3 is 4.90 Å². The number of hydrogen-bond acceptors (Lipinski definition) is 1. The molecule has 2 heteroatoms. The fraction of sp³-hybridized carbons (Fsp3) is 0.429. The number of hydrogen-bond donors (Lipinski definition) is 0. The fourth-order valence-corrected chi connectivity index (χ4v) is 2.52. The van der Waals surface area contributed by atoms with Crippen molar-refractivity contribution in [3.05, 3.63) is 41.9 Å². The highest BCUT2D eigenvalue weighted by molar-refractivity contribution is 6.30. The van der Waals surface area contributed by atoms with Gasteiger partial charge in [0.25, 0.3) is 0 Å². The van der Waals surface area contributed by atoms with Crippen molar-refractivity contribution in [3.8, 4) is 0 Å². The van der Waals surface area contributed by atoms with E-state index in [-0.39, 0.29) is 0 Å². The Hall–Kier alpha value is -0.950. The van der Waals surface area contributed by atoms with Crippen LogP contribution in [-0.2, 0) is 0 Å². The standard InChI is InChI=1S/C14H18ClN/c1-2-4-12-7-9-16(10-8-12)14-6-3-5-13(15)11-14/h2-3,5-6,11-12H,1,4,7-10H2. The number of rotatable bonds is 3. The van der Waals surface area contributed by atoms with E-state index < -0.39 is 0 Å². The Morgan fingerprint density at radius 1 is 1.38 bits per heavy atom. The third kappa shape index (κ3) is 2.79. The summed E-state index contributed by atoms with van der Waals surface area (Å²) >= 11 is 6.00. The molecule has 0 N–H and O–H groups in total. The van der Waals surface area contributed by atoms with E-state index in [1.54, 1.807) is 0 Å². The molecule has 1 aliphatic rings. The molecule has 16 heavy (non-hydrogen) atoms. The average Bonchev–Trinajstić information content (AvgIpc) is 2.30. The maximum atomic E-state index is 6.00. The highest BCUT2D eigenvalue weighted by atomic mass is 35.5. The Balaban J connectivity index is 1.96. The van der Waals surface area contributed by atoms with Gasteiger partial charge in [-0.3, -0.25) is 0 Å². The summed E-state index contributed by atoms with van der Waals surface area (Å²) in [5.74, 6) is 0.827. The summed E-state index contributed by atoms with van der Waals surface area (Å²) in [6.07, 6.45) is 5.72. The Bertz CT molecular complexity index is 354. The molecule has 0 aliphatic carbocycles. The van der Waals surface area contributed by atoms with Crippen molar-refractivity contribution >= 4 is 17.3 Å². The first-order valence-electron chi connectivity index (χ1n) is 5.91. The van der Waals surface area contributed by atoms with Crippen molar-refractivity contribution in [2.45, 2.75) is 19.3 Å². The minimum Gasteiger partial charge on any atom is -0.371 e. The summed E-state index contributed by atoms with van der Waals surface area (Å²) < 4.78 is 0. The second-order valence-corrected chi connectivity index (χ2v) is 4.87. The maximum Gasteiger partial charge on any atom is 0.0426 e. The molecule has 0 atom stereocenters. The first-order chi connectivity index (χ1) is 7.79. The predicted molar refractivity (Wildman–Crippen MR) is 71.2 cm³/mol. The van der Waals surface area contributed by atoms with Crippen LogP contribution < -0.4 is 4.90 Å². The van der Waals surface area contributed by atoms with E-state index in [0.717, 1.165) is 30.5 Å². The van der Waals surface area contributed by atoms with Crippen molar-refractivity contribution in [1.82, 2.24) is 0 Å². The average molecular weight is 236 g/mol. The molecule has 1 aromatic carbocycles. The zero-order valence-corrected chi connectivity index (χ0v) is 10.3. The molecule has 86 valence electrons. The molecule has 0 unspecified atom stereocenters. The summed E-state index contributed by atoms with van der Waals surface area (Å²) in [4.78, 5) is 2.42. The largest absolute Gasteiger partial charge is 0.371 e. The molecule has 1 aliphatic heterocycles. The molecular weight excluding hydrogens is 218 g/mol. The lowest BCUT2D eigenvalue weighted by molar-refractivity contribution is 0.410. The summed E-state index contributed by atoms with van der Waals surface area (Å²) in [6, 6.07) is 8.14. The third-order valence-corrected chi connectivity index (χ3v) is 3.52. The Labute approximate surface area is 103 Å². The van der Waals surface area contributed by atoms with Crippen molar-refractivity contribution in [1.29, 1.82) is 0 Å². The van der Waals surface area contributed by atoms with Crippen LogP contribution in [0.4, 0.5) is 5.69 Å². The first-order valence-corrected chi connectivity index (χ1v) is 6.29. The van der Waals surface area contributed by atoms with Gasteiger partial charge in [-0.1, -0.05) is 23.7 Å². The molecule has 0 spiro atoms. The van der Waals surface area contributed by atoms with Gasteiger partial charge in [0, 0.05) is 23.8 Å². The number of piperidine rings is 1. The van der Waals surface area contributed by atoms with Crippen LogP contribution in [0.3, 0.4) is 0 Å². The highest BCUT2D eigenvalue weighted by Crippen LogP contribution is 2.26. The smallest absolute Gasteiger partial charge is 0.0426 e. The lowest BCUT2D eigenvalue weighted by Crippen LogP contribution is -2.33. The maximum absolute atomic E-state index is 6.00. The van der Waals surface area contributed by atoms with Crippen LogP contribution in [0.2, 0.25) is 5.02 Å². The van der Waals surface area contributed by atoms with Crippen LogP contribution in [0.1, 0.15) is 19.3 Å². The molecule has 0 bridgehead atoms. The van der Waals surface area contributed by atoms with E-state index in [0.29, 0.717) is 0 Å². The summed E-state index contributed by atoms with van der Waals surface area (Å²) in [5.41, 5.74) is 1.25. The molecule has 0 amide bonds. The first kappa shape index (κ1) is 11.5. The van der Waals surface area contributed by atoms with Gasteiger partial charge in [-0.2, -0.15) is 0 Å². The Morgan fingerprint density at radius 2 is 2.12 bits per heavy atom. The summed E-state index contributed by atoms with van der Waals surface area (Å²) in [5, 5.41) is 0.825. The van der Waals surface area contributed by atoms with Gasteiger partial charge in [-0.25, -0.2) is 0 Å². The summed E-state index contributed by atoms with van der Waals surface area (Å²) in [6.45, 7) is 6.09. The van der Waals surface area contributed by atoms with Crippen LogP contribution in [0.15, 0.2) is 36.9 Å². The van der Waals surface area contributed by atoms with Gasteiger partial charge in [0.2, 0.25) is 0 Å². The highest BCUT2D eigenvalue weighted by Gasteiger charge is 2.18. The summed E-state index contributed by atoms with van der Waals surface area (Å²) in [7, 11) is 0. The third-order valence-electron chi connectivity index (χ3n) is 3.29. The Kier molecular flexibility index (Phi) is 3.89. The molecule has 2 rings (SSSR count). The number of nitrogens with zero attached hydrogens (tertiary/aromatic N) is 1. The zero-order valence-electron chi connectivity index (χ0n) is 9.53. The van der Waals surface area contributed by atoms with Gasteiger partial charge in [0.1, 0.15) is 0 Å². The van der Waals surface area contributed by atoms with Crippen LogP contribution in [-0.4, -0.2) is 13.1 Å². The van der Waals surface area contributed by atoms with E-state index in [2.05, 4.69) is 23.6 Å².